The van der Waals surface area contributed by atoms with E-state index in [1.165, 1.54) is 26.6 Å². The van der Waals surface area contributed by atoms with Crippen LogP contribution in [0.2, 0.25) is 0 Å². The number of hydrogen-bond acceptors (Lipinski definition) is 4. The first-order valence-electron chi connectivity index (χ1n) is 7.84. The normalized spacial score (nSPS) is 14.2. The molecular formula is C18H22BrN3OS. The van der Waals surface area contributed by atoms with Crippen LogP contribution in [0.4, 0.5) is 5.69 Å². The predicted molar refractivity (Wildman–Crippen MR) is 106 cm³/mol. The number of rotatable bonds is 4. The van der Waals surface area contributed by atoms with Crippen LogP contribution < -0.4 is 4.90 Å². The van der Waals surface area contributed by atoms with Crippen molar-refractivity contribution in [3.05, 3.63) is 58.5 Å². The number of hydrogen-bond donors (Lipinski definition) is 0. The van der Waals surface area contributed by atoms with Crippen LogP contribution >= 0.6 is 28.7 Å². The van der Waals surface area contributed by atoms with Crippen LogP contribution in [0.25, 0.3) is 0 Å². The van der Waals surface area contributed by atoms with Gasteiger partial charge in [0.05, 0.1) is 24.1 Å². The highest BCUT2D eigenvalue weighted by Gasteiger charge is 2.19. The molecule has 0 spiro atoms. The van der Waals surface area contributed by atoms with Crippen molar-refractivity contribution in [1.82, 2.24) is 5.01 Å². The Morgan fingerprint density at radius 3 is 2.33 bits per heavy atom. The van der Waals surface area contributed by atoms with Gasteiger partial charge in [-0.05, 0) is 37.6 Å². The van der Waals surface area contributed by atoms with E-state index in [4.69, 9.17) is 0 Å². The quantitative estimate of drug-likeness (QED) is 0.679. The van der Waals surface area contributed by atoms with E-state index in [1.807, 2.05) is 11.8 Å². The summed E-state index contributed by atoms with van der Waals surface area (Å²) in [4.78, 5) is 15.5. The predicted octanol–water partition coefficient (Wildman–Crippen LogP) is 4.84. The Hall–Kier alpha value is -1.53. The number of anilines is 1. The Morgan fingerprint density at radius 1 is 0.958 bits per heavy atom. The first-order valence-corrected chi connectivity index (χ1v) is 8.66. The largest absolute Gasteiger partial charge is 0.367 e. The zero-order chi connectivity index (χ0) is 16.2. The lowest BCUT2D eigenvalue weighted by Crippen LogP contribution is -2.44. The zero-order valence-electron chi connectivity index (χ0n) is 13.9. The van der Waals surface area contributed by atoms with Crippen LogP contribution in [-0.2, 0) is 0 Å². The van der Waals surface area contributed by atoms with E-state index in [-0.39, 0.29) is 17.0 Å². The van der Waals surface area contributed by atoms with Gasteiger partial charge in [-0.25, -0.2) is 0 Å². The van der Waals surface area contributed by atoms with Crippen LogP contribution in [0.1, 0.15) is 11.1 Å². The Labute approximate surface area is 157 Å². The number of nitroso groups, excluding NO2 is 1. The van der Waals surface area contributed by atoms with Crippen molar-refractivity contribution in [3.63, 3.8) is 0 Å². The van der Waals surface area contributed by atoms with E-state index in [9.17, 15) is 4.91 Å². The summed E-state index contributed by atoms with van der Waals surface area (Å²) in [5.74, 6) is 0. The van der Waals surface area contributed by atoms with Crippen molar-refractivity contribution >= 4 is 34.4 Å². The van der Waals surface area contributed by atoms with Crippen LogP contribution in [0.5, 0.6) is 0 Å². The monoisotopic (exact) mass is 407 g/mol. The van der Waals surface area contributed by atoms with Crippen molar-refractivity contribution in [2.75, 3.05) is 31.1 Å². The van der Waals surface area contributed by atoms with Gasteiger partial charge >= 0.3 is 0 Å². The van der Waals surface area contributed by atoms with Crippen molar-refractivity contribution in [1.29, 1.82) is 0 Å². The summed E-state index contributed by atoms with van der Waals surface area (Å²) in [6.07, 6.45) is 0. The Kier molecular flexibility index (Phi) is 6.69. The summed E-state index contributed by atoms with van der Waals surface area (Å²) in [5, 5.41) is 4.63. The molecule has 0 amide bonds. The molecule has 2 aromatic rings. The van der Waals surface area contributed by atoms with Crippen LogP contribution in [0.3, 0.4) is 0 Å². The molecule has 1 heterocycles. The second kappa shape index (κ2) is 8.53. The van der Waals surface area contributed by atoms with E-state index < -0.39 is 0 Å². The number of nitrogens with zero attached hydrogens (tertiary/aromatic N) is 3. The van der Waals surface area contributed by atoms with E-state index in [0.29, 0.717) is 13.1 Å². The maximum absolute atomic E-state index is 10.6. The standard InChI is InChI=1S/C18H21N3OS.BrH/c1-14-7-8-17(15(2)13-14)23-18-6-4-3-5-16(18)20-9-11-21(19-22)12-10-20;/h3-8,13H,9-12H2,1-2H3;1H. The molecule has 6 heteroatoms. The number of aryl methyl sites for hydroxylation is 2. The molecule has 0 atom stereocenters. The van der Waals surface area contributed by atoms with Crippen LogP contribution in [0.15, 0.2) is 57.5 Å². The third kappa shape index (κ3) is 4.30. The third-order valence-corrected chi connectivity index (χ3v) is 5.37. The van der Waals surface area contributed by atoms with Gasteiger partial charge in [0.25, 0.3) is 0 Å². The van der Waals surface area contributed by atoms with Gasteiger partial charge in [-0.1, -0.05) is 41.6 Å². The summed E-state index contributed by atoms with van der Waals surface area (Å²) < 4.78 is 0. The SMILES string of the molecule is Br.Cc1ccc(Sc2ccccc2N2CCN(N=O)CC2)c(C)c1. The Bertz CT molecular complexity index is 702. The highest BCUT2D eigenvalue weighted by atomic mass is 79.9. The average Bonchev–Trinajstić information content (AvgIpc) is 2.58. The number of benzene rings is 2. The maximum Gasteiger partial charge on any atom is 0.0568 e. The minimum Gasteiger partial charge on any atom is -0.367 e. The fraction of sp³-hybridized carbons (Fsp3) is 0.333. The smallest absolute Gasteiger partial charge is 0.0568 e. The van der Waals surface area contributed by atoms with Gasteiger partial charge in [-0.3, -0.25) is 5.01 Å². The van der Waals surface area contributed by atoms with Crippen molar-refractivity contribution < 1.29 is 0 Å². The second-order valence-electron chi connectivity index (χ2n) is 5.86. The lowest BCUT2D eigenvalue weighted by molar-refractivity contribution is 0.266. The molecule has 2 aromatic carbocycles. The molecule has 1 aliphatic heterocycles. The molecule has 1 fully saturated rings. The second-order valence-corrected chi connectivity index (χ2v) is 6.94. The highest BCUT2D eigenvalue weighted by molar-refractivity contribution is 8.93. The third-order valence-electron chi connectivity index (χ3n) is 4.13. The van der Waals surface area contributed by atoms with Gasteiger partial charge in [0.2, 0.25) is 0 Å². The first-order chi connectivity index (χ1) is 11.2. The van der Waals surface area contributed by atoms with Gasteiger partial charge < -0.3 is 4.90 Å². The molecule has 0 N–H and O–H groups in total. The molecule has 0 aliphatic carbocycles. The molecule has 0 unspecified atom stereocenters. The Balaban J connectivity index is 0.00000208. The molecule has 0 saturated carbocycles. The molecular weight excluding hydrogens is 386 g/mol. The average molecular weight is 408 g/mol. The minimum atomic E-state index is 0. The van der Waals surface area contributed by atoms with Gasteiger partial charge in [0.1, 0.15) is 0 Å². The van der Waals surface area contributed by atoms with Crippen LogP contribution in [-0.4, -0.2) is 31.2 Å². The van der Waals surface area contributed by atoms with E-state index in [0.717, 1.165) is 13.1 Å². The number of para-hydroxylation sites is 1. The lowest BCUT2D eigenvalue weighted by atomic mass is 10.2. The van der Waals surface area contributed by atoms with Crippen LogP contribution in [0, 0.1) is 18.8 Å². The van der Waals surface area contributed by atoms with E-state index >= 15 is 0 Å². The van der Waals surface area contributed by atoms with Crippen molar-refractivity contribution in [2.45, 2.75) is 23.6 Å². The molecule has 0 radical (unpaired) electrons. The summed E-state index contributed by atoms with van der Waals surface area (Å²) >= 11 is 1.81. The van der Waals surface area contributed by atoms with Gasteiger partial charge in [-0.2, -0.15) is 0 Å². The molecule has 4 nitrogen and oxygen atoms in total. The molecule has 1 aliphatic rings. The topological polar surface area (TPSA) is 35.9 Å². The molecule has 24 heavy (non-hydrogen) atoms. The molecule has 0 bridgehead atoms. The molecule has 3 rings (SSSR count). The summed E-state index contributed by atoms with van der Waals surface area (Å²) in [6, 6.07) is 15.1. The summed E-state index contributed by atoms with van der Waals surface area (Å²) in [6.45, 7) is 7.31. The Morgan fingerprint density at radius 2 is 1.67 bits per heavy atom. The summed E-state index contributed by atoms with van der Waals surface area (Å²) in [7, 11) is 0. The van der Waals surface area contributed by atoms with Crippen molar-refractivity contribution in [2.24, 2.45) is 5.29 Å². The van der Waals surface area contributed by atoms with Crippen molar-refractivity contribution in [3.8, 4) is 0 Å². The fourth-order valence-electron chi connectivity index (χ4n) is 2.86. The first kappa shape index (κ1) is 18.8. The van der Waals surface area contributed by atoms with Gasteiger partial charge in [0.15, 0.2) is 0 Å². The van der Waals surface area contributed by atoms with E-state index in [2.05, 4.69) is 66.5 Å². The molecule has 128 valence electrons. The lowest BCUT2D eigenvalue weighted by Gasteiger charge is -2.34. The van der Waals surface area contributed by atoms with Gasteiger partial charge in [0, 0.05) is 22.9 Å². The van der Waals surface area contributed by atoms with E-state index in [1.54, 1.807) is 5.01 Å². The molecule has 1 saturated heterocycles. The summed E-state index contributed by atoms with van der Waals surface area (Å²) in [5.41, 5.74) is 3.83. The number of halogens is 1. The van der Waals surface area contributed by atoms with Gasteiger partial charge in [-0.15, -0.1) is 21.9 Å². The zero-order valence-corrected chi connectivity index (χ0v) is 16.5. The minimum absolute atomic E-state index is 0. The molecule has 0 aromatic heterocycles. The highest BCUT2D eigenvalue weighted by Crippen LogP contribution is 2.37. The fourth-order valence-corrected chi connectivity index (χ4v) is 3.90. The maximum atomic E-state index is 10.6. The number of piperazine rings is 1.